The number of hydrogen-bond acceptors (Lipinski definition) is 2. The van der Waals surface area contributed by atoms with Crippen molar-refractivity contribution in [2.45, 2.75) is 12.7 Å². The van der Waals surface area contributed by atoms with E-state index in [9.17, 15) is 18.0 Å². The Morgan fingerprint density at radius 1 is 1.08 bits per heavy atom. The van der Waals surface area contributed by atoms with Crippen molar-refractivity contribution >= 4 is 17.5 Å². The molecule has 0 bridgehead atoms. The van der Waals surface area contributed by atoms with Crippen LogP contribution in [0.3, 0.4) is 0 Å². The number of carbonyl (C=O) groups is 1. The molecule has 0 saturated carbocycles. The van der Waals surface area contributed by atoms with Gasteiger partial charge in [-0.1, -0.05) is 41.9 Å². The van der Waals surface area contributed by atoms with Crippen molar-refractivity contribution in [2.24, 2.45) is 0 Å². The maximum Gasteiger partial charge on any atom is 0.434 e. The minimum absolute atomic E-state index is 0.0732. The van der Waals surface area contributed by atoms with Crippen LogP contribution < -0.4 is 5.32 Å². The Labute approximate surface area is 152 Å². The first kappa shape index (κ1) is 18.0. The van der Waals surface area contributed by atoms with Gasteiger partial charge >= 0.3 is 6.18 Å². The standard InChI is InChI=1S/C18H13ClF3N3O/c19-13-8-6-12(7-9-13)10-23-17(26)15-11-24-25(16(15)18(20,21)22)14-4-2-1-3-5-14/h1-9,11H,10H2,(H,23,26). The quantitative estimate of drug-likeness (QED) is 0.726. The van der Waals surface area contributed by atoms with E-state index in [2.05, 4.69) is 10.4 Å². The van der Waals surface area contributed by atoms with Gasteiger partial charge in [-0.15, -0.1) is 0 Å². The van der Waals surface area contributed by atoms with E-state index in [1.54, 1.807) is 42.5 Å². The zero-order chi connectivity index (χ0) is 18.7. The predicted octanol–water partition coefficient (Wildman–Crippen LogP) is 4.47. The Kier molecular flexibility index (Phi) is 4.99. The van der Waals surface area contributed by atoms with E-state index in [-0.39, 0.29) is 12.2 Å². The van der Waals surface area contributed by atoms with Crippen molar-refractivity contribution in [2.75, 3.05) is 0 Å². The summed E-state index contributed by atoms with van der Waals surface area (Å²) in [5.74, 6) is -0.852. The third-order valence-electron chi connectivity index (χ3n) is 3.65. The van der Waals surface area contributed by atoms with Crippen molar-refractivity contribution in [1.82, 2.24) is 15.1 Å². The monoisotopic (exact) mass is 379 g/mol. The van der Waals surface area contributed by atoms with E-state index in [0.717, 1.165) is 10.9 Å². The highest BCUT2D eigenvalue weighted by molar-refractivity contribution is 6.30. The molecule has 1 N–H and O–H groups in total. The number of aromatic nitrogens is 2. The molecular weight excluding hydrogens is 367 g/mol. The molecular formula is C18H13ClF3N3O. The summed E-state index contributed by atoms with van der Waals surface area (Å²) in [7, 11) is 0. The number of hydrogen-bond donors (Lipinski definition) is 1. The molecule has 4 nitrogen and oxygen atoms in total. The molecule has 1 aromatic heterocycles. The summed E-state index contributed by atoms with van der Waals surface area (Å²) in [6.07, 6.45) is -3.81. The molecule has 3 aromatic rings. The SMILES string of the molecule is O=C(NCc1ccc(Cl)cc1)c1cnn(-c2ccccc2)c1C(F)(F)F. The first-order valence-electron chi connectivity index (χ1n) is 7.59. The Balaban J connectivity index is 1.88. The second-order valence-electron chi connectivity index (χ2n) is 5.46. The molecule has 134 valence electrons. The third-order valence-corrected chi connectivity index (χ3v) is 3.90. The summed E-state index contributed by atoms with van der Waals surface area (Å²) in [5.41, 5.74) is -0.712. The number of para-hydroxylation sites is 1. The maximum atomic E-state index is 13.5. The second kappa shape index (κ2) is 7.21. The van der Waals surface area contributed by atoms with Crippen molar-refractivity contribution in [1.29, 1.82) is 0 Å². The molecule has 0 aliphatic carbocycles. The van der Waals surface area contributed by atoms with Crippen molar-refractivity contribution in [3.8, 4) is 5.69 Å². The summed E-state index contributed by atoms with van der Waals surface area (Å²) in [6.45, 7) is 0.0732. The van der Waals surface area contributed by atoms with Crippen LogP contribution in [-0.4, -0.2) is 15.7 Å². The Morgan fingerprint density at radius 2 is 1.73 bits per heavy atom. The molecule has 0 unspecified atom stereocenters. The van der Waals surface area contributed by atoms with E-state index in [1.807, 2.05) is 0 Å². The molecule has 8 heteroatoms. The van der Waals surface area contributed by atoms with Crippen LogP contribution in [0.5, 0.6) is 0 Å². The van der Waals surface area contributed by atoms with Crippen molar-refractivity contribution in [3.63, 3.8) is 0 Å². The molecule has 0 spiro atoms. The molecule has 1 amide bonds. The fraction of sp³-hybridized carbons (Fsp3) is 0.111. The number of amides is 1. The van der Waals surface area contributed by atoms with Gasteiger partial charge in [0.2, 0.25) is 0 Å². The third kappa shape index (κ3) is 3.88. The Morgan fingerprint density at radius 3 is 2.35 bits per heavy atom. The number of rotatable bonds is 4. The molecule has 0 fully saturated rings. The lowest BCUT2D eigenvalue weighted by Gasteiger charge is -2.13. The summed E-state index contributed by atoms with van der Waals surface area (Å²) in [5, 5.41) is 6.77. The molecule has 0 radical (unpaired) electrons. The van der Waals surface area contributed by atoms with Gasteiger partial charge in [0.15, 0.2) is 5.69 Å². The number of nitrogens with zero attached hydrogens (tertiary/aromatic N) is 2. The zero-order valence-corrected chi connectivity index (χ0v) is 14.1. The number of benzene rings is 2. The summed E-state index contributed by atoms with van der Waals surface area (Å²) in [4.78, 5) is 12.3. The normalized spacial score (nSPS) is 11.4. The van der Waals surface area contributed by atoms with E-state index in [1.165, 1.54) is 12.1 Å². The molecule has 2 aromatic carbocycles. The lowest BCUT2D eigenvalue weighted by Crippen LogP contribution is -2.26. The fourth-order valence-corrected chi connectivity index (χ4v) is 2.56. The topological polar surface area (TPSA) is 46.9 Å². The van der Waals surface area contributed by atoms with E-state index in [0.29, 0.717) is 10.6 Å². The van der Waals surface area contributed by atoms with Crippen LogP contribution in [-0.2, 0) is 12.7 Å². The van der Waals surface area contributed by atoms with E-state index in [4.69, 9.17) is 11.6 Å². The second-order valence-corrected chi connectivity index (χ2v) is 5.90. The molecule has 26 heavy (non-hydrogen) atoms. The van der Waals surface area contributed by atoms with E-state index >= 15 is 0 Å². The van der Waals surface area contributed by atoms with Crippen LogP contribution in [0.1, 0.15) is 21.6 Å². The van der Waals surface area contributed by atoms with Gasteiger partial charge in [0, 0.05) is 11.6 Å². The molecule has 0 aliphatic heterocycles. The maximum absolute atomic E-state index is 13.5. The van der Waals surface area contributed by atoms with Gasteiger partial charge in [0.1, 0.15) is 0 Å². The van der Waals surface area contributed by atoms with Gasteiger partial charge in [-0.05, 0) is 29.8 Å². The van der Waals surface area contributed by atoms with Gasteiger partial charge in [-0.25, -0.2) is 4.68 Å². The highest BCUT2D eigenvalue weighted by Crippen LogP contribution is 2.33. The van der Waals surface area contributed by atoms with Gasteiger partial charge in [0.05, 0.1) is 17.4 Å². The number of alkyl halides is 3. The first-order valence-corrected chi connectivity index (χ1v) is 7.97. The lowest BCUT2D eigenvalue weighted by atomic mass is 10.2. The largest absolute Gasteiger partial charge is 0.434 e. The van der Waals surface area contributed by atoms with E-state index < -0.39 is 23.3 Å². The fourth-order valence-electron chi connectivity index (χ4n) is 2.43. The number of nitrogens with one attached hydrogen (secondary N) is 1. The minimum Gasteiger partial charge on any atom is -0.348 e. The molecule has 1 heterocycles. The Bertz CT molecular complexity index is 906. The minimum atomic E-state index is -4.74. The van der Waals surface area contributed by atoms with Gasteiger partial charge < -0.3 is 5.32 Å². The lowest BCUT2D eigenvalue weighted by molar-refractivity contribution is -0.143. The van der Waals surface area contributed by atoms with Crippen molar-refractivity contribution in [3.05, 3.63) is 82.6 Å². The zero-order valence-electron chi connectivity index (χ0n) is 13.3. The van der Waals surface area contributed by atoms with Crippen LogP contribution in [0.15, 0.2) is 60.8 Å². The van der Waals surface area contributed by atoms with Crippen LogP contribution in [0.4, 0.5) is 13.2 Å². The molecule has 0 saturated heterocycles. The van der Waals surface area contributed by atoms with Crippen LogP contribution in [0, 0.1) is 0 Å². The van der Waals surface area contributed by atoms with Crippen LogP contribution >= 0.6 is 11.6 Å². The van der Waals surface area contributed by atoms with Gasteiger partial charge in [-0.3, -0.25) is 4.79 Å². The average molecular weight is 380 g/mol. The smallest absolute Gasteiger partial charge is 0.348 e. The average Bonchev–Trinajstić information content (AvgIpc) is 3.07. The predicted molar refractivity (Wildman–Crippen MR) is 91.2 cm³/mol. The molecule has 3 rings (SSSR count). The van der Waals surface area contributed by atoms with Gasteiger partial charge in [0.25, 0.3) is 5.91 Å². The summed E-state index contributed by atoms with van der Waals surface area (Å²) < 4.78 is 41.3. The summed E-state index contributed by atoms with van der Waals surface area (Å²) in [6, 6.07) is 14.5. The van der Waals surface area contributed by atoms with Gasteiger partial charge in [-0.2, -0.15) is 18.3 Å². The first-order chi connectivity index (χ1) is 12.4. The van der Waals surface area contributed by atoms with Crippen molar-refractivity contribution < 1.29 is 18.0 Å². The van der Waals surface area contributed by atoms with Crippen LogP contribution in [0.25, 0.3) is 5.69 Å². The number of carbonyl (C=O) groups excluding carboxylic acids is 1. The highest BCUT2D eigenvalue weighted by atomic mass is 35.5. The molecule has 0 atom stereocenters. The highest BCUT2D eigenvalue weighted by Gasteiger charge is 2.40. The summed E-state index contributed by atoms with van der Waals surface area (Å²) >= 11 is 5.78. The molecule has 0 aliphatic rings. The Hall–Kier alpha value is -2.80. The number of halogens is 4. The van der Waals surface area contributed by atoms with Crippen LogP contribution in [0.2, 0.25) is 5.02 Å².